The van der Waals surface area contributed by atoms with E-state index in [9.17, 15) is 9.59 Å². The van der Waals surface area contributed by atoms with Gasteiger partial charge < -0.3 is 10.6 Å². The molecular formula is C25H22N4O2S. The molecule has 2 aromatic heterocycles. The zero-order valence-electron chi connectivity index (χ0n) is 17.4. The van der Waals surface area contributed by atoms with Gasteiger partial charge in [0.05, 0.1) is 11.7 Å². The quantitative estimate of drug-likeness (QED) is 0.440. The van der Waals surface area contributed by atoms with Crippen molar-refractivity contribution in [1.29, 1.82) is 0 Å². The number of hydrogen-bond donors (Lipinski definition) is 2. The molecule has 2 unspecified atom stereocenters. The van der Waals surface area contributed by atoms with E-state index in [2.05, 4.69) is 20.6 Å². The van der Waals surface area contributed by atoms with Crippen molar-refractivity contribution in [3.05, 3.63) is 107 Å². The van der Waals surface area contributed by atoms with Gasteiger partial charge in [-0.05, 0) is 36.8 Å². The molecule has 32 heavy (non-hydrogen) atoms. The second kappa shape index (κ2) is 9.98. The predicted molar refractivity (Wildman–Crippen MR) is 125 cm³/mol. The first kappa shape index (κ1) is 21.4. The van der Waals surface area contributed by atoms with E-state index in [1.54, 1.807) is 36.7 Å². The molecule has 0 aliphatic heterocycles. The molecular weight excluding hydrogens is 420 g/mol. The maximum Gasteiger partial charge on any atom is 0.252 e. The van der Waals surface area contributed by atoms with Crippen LogP contribution >= 0.6 is 11.3 Å². The predicted octanol–water partition coefficient (Wildman–Crippen LogP) is 4.55. The van der Waals surface area contributed by atoms with E-state index in [1.165, 1.54) is 11.3 Å². The number of nitrogens with zero attached hydrogens (tertiary/aromatic N) is 2. The summed E-state index contributed by atoms with van der Waals surface area (Å²) in [6.07, 6.45) is 3.44. The Bertz CT molecular complexity index is 1180. The second-order valence-corrected chi connectivity index (χ2v) is 8.11. The van der Waals surface area contributed by atoms with E-state index in [0.717, 1.165) is 16.3 Å². The lowest BCUT2D eigenvalue weighted by Gasteiger charge is -2.21. The number of carbonyl (C=O) groups excluding carboxylic acids is 2. The zero-order valence-corrected chi connectivity index (χ0v) is 18.3. The van der Waals surface area contributed by atoms with Crippen LogP contribution in [0.1, 0.15) is 39.9 Å². The number of amides is 2. The Balaban J connectivity index is 1.51. The molecule has 4 rings (SSSR count). The molecule has 160 valence electrons. The highest BCUT2D eigenvalue weighted by Crippen LogP contribution is 2.25. The first-order valence-corrected chi connectivity index (χ1v) is 11.1. The number of benzene rings is 2. The van der Waals surface area contributed by atoms with E-state index in [1.807, 2.05) is 60.8 Å². The van der Waals surface area contributed by atoms with Crippen molar-refractivity contribution < 1.29 is 9.59 Å². The maximum atomic E-state index is 13.2. The Kier molecular flexibility index (Phi) is 6.67. The molecule has 2 heterocycles. The number of aromatic nitrogens is 2. The van der Waals surface area contributed by atoms with Crippen LogP contribution in [-0.4, -0.2) is 21.8 Å². The summed E-state index contributed by atoms with van der Waals surface area (Å²) in [5.41, 5.74) is 3.01. The fourth-order valence-electron chi connectivity index (χ4n) is 3.25. The zero-order chi connectivity index (χ0) is 22.3. The topological polar surface area (TPSA) is 84.0 Å². The van der Waals surface area contributed by atoms with E-state index in [4.69, 9.17) is 0 Å². The Morgan fingerprint density at radius 1 is 0.875 bits per heavy atom. The van der Waals surface area contributed by atoms with Crippen LogP contribution < -0.4 is 10.6 Å². The number of rotatable bonds is 7. The standard InChI is InChI=1S/C25H22N4O2S/c1-17(25-28-21(16-32-25)18-12-14-26-15-13-18)27-24(31)22(19-8-4-2-5-9-19)29-23(30)20-10-6-3-7-11-20/h2-17,22H,1H3,(H,27,31)(H,29,30). The molecule has 6 nitrogen and oxygen atoms in total. The van der Waals surface area contributed by atoms with Crippen LogP contribution in [0, 0.1) is 0 Å². The summed E-state index contributed by atoms with van der Waals surface area (Å²) in [6, 6.07) is 20.7. The average Bonchev–Trinajstić information content (AvgIpc) is 3.34. The van der Waals surface area contributed by atoms with Crippen LogP contribution in [0.15, 0.2) is 90.6 Å². The van der Waals surface area contributed by atoms with Gasteiger partial charge in [0.15, 0.2) is 0 Å². The number of carbonyl (C=O) groups is 2. The van der Waals surface area contributed by atoms with Crippen LogP contribution in [0.3, 0.4) is 0 Å². The van der Waals surface area contributed by atoms with Crippen molar-refractivity contribution >= 4 is 23.2 Å². The molecule has 7 heteroatoms. The third-order valence-electron chi connectivity index (χ3n) is 4.93. The Morgan fingerprint density at radius 2 is 1.53 bits per heavy atom. The van der Waals surface area contributed by atoms with Gasteiger partial charge in [0, 0.05) is 28.9 Å². The normalized spacial score (nSPS) is 12.5. The van der Waals surface area contributed by atoms with Crippen LogP contribution in [-0.2, 0) is 4.79 Å². The van der Waals surface area contributed by atoms with Gasteiger partial charge in [0.2, 0.25) is 5.91 Å². The molecule has 2 N–H and O–H groups in total. The van der Waals surface area contributed by atoms with Gasteiger partial charge in [-0.1, -0.05) is 48.5 Å². The molecule has 0 fully saturated rings. The molecule has 0 aliphatic carbocycles. The largest absolute Gasteiger partial charge is 0.345 e. The minimum Gasteiger partial charge on any atom is -0.345 e. The highest BCUT2D eigenvalue weighted by Gasteiger charge is 2.25. The first-order chi connectivity index (χ1) is 15.6. The summed E-state index contributed by atoms with van der Waals surface area (Å²) < 4.78 is 0. The van der Waals surface area contributed by atoms with Crippen LogP contribution in [0.2, 0.25) is 0 Å². The molecule has 0 spiro atoms. The summed E-state index contributed by atoms with van der Waals surface area (Å²) in [5.74, 6) is -0.606. The van der Waals surface area contributed by atoms with Crippen LogP contribution in [0.25, 0.3) is 11.3 Å². The molecule has 0 radical (unpaired) electrons. The highest BCUT2D eigenvalue weighted by molar-refractivity contribution is 7.10. The molecule has 0 saturated carbocycles. The SMILES string of the molecule is CC(NC(=O)C(NC(=O)c1ccccc1)c1ccccc1)c1nc(-c2ccncc2)cs1. The Labute approximate surface area is 190 Å². The van der Waals surface area contributed by atoms with Gasteiger partial charge >= 0.3 is 0 Å². The molecule has 0 bridgehead atoms. The van der Waals surface area contributed by atoms with Crippen molar-refractivity contribution in [2.24, 2.45) is 0 Å². The number of pyridine rings is 1. The highest BCUT2D eigenvalue weighted by atomic mass is 32.1. The lowest BCUT2D eigenvalue weighted by Crippen LogP contribution is -2.41. The van der Waals surface area contributed by atoms with Crippen LogP contribution in [0.5, 0.6) is 0 Å². The van der Waals surface area contributed by atoms with Crippen molar-refractivity contribution in [2.75, 3.05) is 0 Å². The molecule has 4 aromatic rings. The third kappa shape index (κ3) is 5.07. The van der Waals surface area contributed by atoms with E-state index in [-0.39, 0.29) is 17.9 Å². The van der Waals surface area contributed by atoms with E-state index < -0.39 is 6.04 Å². The fourth-order valence-corrected chi connectivity index (χ4v) is 4.09. The van der Waals surface area contributed by atoms with Gasteiger partial charge in [0.25, 0.3) is 5.91 Å². The lowest BCUT2D eigenvalue weighted by molar-refractivity contribution is -0.123. The molecule has 2 atom stereocenters. The van der Waals surface area contributed by atoms with Crippen molar-refractivity contribution in [3.8, 4) is 11.3 Å². The monoisotopic (exact) mass is 442 g/mol. The minimum atomic E-state index is -0.828. The van der Waals surface area contributed by atoms with Gasteiger partial charge in [0.1, 0.15) is 11.0 Å². The fraction of sp³-hybridized carbons (Fsp3) is 0.120. The summed E-state index contributed by atoms with van der Waals surface area (Å²) >= 11 is 1.48. The van der Waals surface area contributed by atoms with Crippen molar-refractivity contribution in [3.63, 3.8) is 0 Å². The van der Waals surface area contributed by atoms with Crippen LogP contribution in [0.4, 0.5) is 0 Å². The van der Waals surface area contributed by atoms with Gasteiger partial charge in [-0.2, -0.15) is 0 Å². The summed E-state index contributed by atoms with van der Waals surface area (Å²) in [5, 5.41) is 8.60. The minimum absolute atomic E-state index is 0.298. The average molecular weight is 443 g/mol. The molecule has 0 aliphatic rings. The first-order valence-electron chi connectivity index (χ1n) is 10.2. The third-order valence-corrected chi connectivity index (χ3v) is 5.96. The molecule has 2 amide bonds. The van der Waals surface area contributed by atoms with Gasteiger partial charge in [-0.3, -0.25) is 14.6 Å². The van der Waals surface area contributed by atoms with E-state index >= 15 is 0 Å². The van der Waals surface area contributed by atoms with E-state index in [0.29, 0.717) is 11.1 Å². The van der Waals surface area contributed by atoms with Gasteiger partial charge in [-0.15, -0.1) is 11.3 Å². The molecule has 0 saturated heterocycles. The second-order valence-electron chi connectivity index (χ2n) is 7.22. The number of nitrogens with one attached hydrogen (secondary N) is 2. The maximum absolute atomic E-state index is 13.2. The Morgan fingerprint density at radius 3 is 2.22 bits per heavy atom. The smallest absolute Gasteiger partial charge is 0.252 e. The molecule has 2 aromatic carbocycles. The van der Waals surface area contributed by atoms with Crippen molar-refractivity contribution in [1.82, 2.24) is 20.6 Å². The summed E-state index contributed by atoms with van der Waals surface area (Å²) in [6.45, 7) is 1.88. The Hall–Kier alpha value is -3.84. The number of hydrogen-bond acceptors (Lipinski definition) is 5. The van der Waals surface area contributed by atoms with Gasteiger partial charge in [-0.25, -0.2) is 4.98 Å². The summed E-state index contributed by atoms with van der Waals surface area (Å²) in [4.78, 5) is 34.6. The summed E-state index contributed by atoms with van der Waals surface area (Å²) in [7, 11) is 0. The number of thiazole rings is 1. The lowest BCUT2D eigenvalue weighted by atomic mass is 10.0. The van der Waals surface area contributed by atoms with Crippen molar-refractivity contribution in [2.45, 2.75) is 19.0 Å².